The van der Waals surface area contributed by atoms with Gasteiger partial charge in [-0.15, -0.1) is 0 Å². The van der Waals surface area contributed by atoms with Gasteiger partial charge >= 0.3 is 0 Å². The lowest BCUT2D eigenvalue weighted by Crippen LogP contribution is -2.25. The molecule has 1 fully saturated rings. The minimum atomic E-state index is -3.31. The minimum absolute atomic E-state index is 0.132. The first-order chi connectivity index (χ1) is 16.4. The number of halogens is 1. The molecule has 1 aromatic heterocycles. The summed E-state index contributed by atoms with van der Waals surface area (Å²) >= 11 is 6.02. The second kappa shape index (κ2) is 8.96. The summed E-state index contributed by atoms with van der Waals surface area (Å²) in [5.41, 5.74) is 3.57. The average Bonchev–Trinajstić information content (AvgIpc) is 3.44. The molecule has 7 nitrogen and oxygen atoms in total. The van der Waals surface area contributed by atoms with Crippen molar-refractivity contribution < 1.29 is 13.2 Å². The van der Waals surface area contributed by atoms with Crippen LogP contribution in [0.3, 0.4) is 0 Å². The molecule has 1 amide bonds. The van der Waals surface area contributed by atoms with Gasteiger partial charge in [0.15, 0.2) is 0 Å². The Hall–Kier alpha value is -3.62. The average molecular weight is 493 g/mol. The highest BCUT2D eigenvalue weighted by Crippen LogP contribution is 2.28. The number of carbonyl (C=O) groups is 1. The van der Waals surface area contributed by atoms with Gasteiger partial charge in [0.1, 0.15) is 5.69 Å². The number of benzene rings is 3. The summed E-state index contributed by atoms with van der Waals surface area (Å²) < 4.78 is 27.6. The quantitative estimate of drug-likeness (QED) is 0.425. The summed E-state index contributed by atoms with van der Waals surface area (Å²) in [6, 6.07) is 25.2. The molecule has 3 aromatic carbocycles. The van der Waals surface area contributed by atoms with Crippen molar-refractivity contribution in [2.24, 2.45) is 0 Å². The van der Waals surface area contributed by atoms with Crippen molar-refractivity contribution in [2.45, 2.75) is 6.42 Å². The second-order valence-corrected chi connectivity index (χ2v) is 10.4. The maximum atomic E-state index is 13.3. The van der Waals surface area contributed by atoms with Crippen LogP contribution in [0.2, 0.25) is 5.02 Å². The van der Waals surface area contributed by atoms with Gasteiger partial charge < -0.3 is 5.32 Å². The standard InChI is InChI=1S/C25H21ClN4O3S/c26-19-12-10-18(11-13-19)23-17-24(30(28-23)21-7-2-1-3-8-21)25(31)27-20-6-4-9-22(16-20)29-14-5-15-34(29,32)33/h1-4,6-13,16-17H,5,14-15H2,(H,27,31). The molecular weight excluding hydrogens is 472 g/mol. The first-order valence-electron chi connectivity index (χ1n) is 10.7. The highest BCUT2D eigenvalue weighted by atomic mass is 35.5. The molecule has 4 aromatic rings. The zero-order valence-corrected chi connectivity index (χ0v) is 19.6. The molecule has 0 atom stereocenters. The van der Waals surface area contributed by atoms with E-state index in [-0.39, 0.29) is 11.7 Å². The van der Waals surface area contributed by atoms with Crippen LogP contribution in [0.1, 0.15) is 16.9 Å². The second-order valence-electron chi connectivity index (χ2n) is 7.92. The summed E-state index contributed by atoms with van der Waals surface area (Å²) in [6.45, 7) is 0.435. The van der Waals surface area contributed by atoms with Crippen molar-refractivity contribution in [3.8, 4) is 16.9 Å². The predicted molar refractivity (Wildman–Crippen MR) is 134 cm³/mol. The Labute approximate surface area is 202 Å². The topological polar surface area (TPSA) is 84.3 Å². The number of amides is 1. The number of hydrogen-bond donors (Lipinski definition) is 1. The van der Waals surface area contributed by atoms with E-state index in [2.05, 4.69) is 10.4 Å². The number of sulfonamides is 1. The Balaban J connectivity index is 1.49. The van der Waals surface area contributed by atoms with E-state index in [9.17, 15) is 13.2 Å². The lowest BCUT2D eigenvalue weighted by Gasteiger charge is -2.18. The molecule has 0 bridgehead atoms. The van der Waals surface area contributed by atoms with Gasteiger partial charge in [0.2, 0.25) is 10.0 Å². The van der Waals surface area contributed by atoms with Crippen LogP contribution < -0.4 is 9.62 Å². The molecule has 0 unspecified atom stereocenters. The van der Waals surface area contributed by atoms with E-state index >= 15 is 0 Å². The Morgan fingerprint density at radius 1 is 0.912 bits per heavy atom. The van der Waals surface area contributed by atoms with Gasteiger partial charge in [-0.2, -0.15) is 5.10 Å². The van der Waals surface area contributed by atoms with E-state index < -0.39 is 10.0 Å². The fourth-order valence-electron chi connectivity index (χ4n) is 3.93. The van der Waals surface area contributed by atoms with E-state index in [1.165, 1.54) is 4.31 Å². The number of rotatable bonds is 5. The Morgan fingerprint density at radius 3 is 2.35 bits per heavy atom. The van der Waals surface area contributed by atoms with Crippen molar-refractivity contribution in [3.05, 3.63) is 95.6 Å². The molecule has 1 aliphatic rings. The number of hydrogen-bond acceptors (Lipinski definition) is 4. The molecule has 1 aliphatic heterocycles. The number of aromatic nitrogens is 2. The zero-order valence-electron chi connectivity index (χ0n) is 18.1. The van der Waals surface area contributed by atoms with Crippen molar-refractivity contribution in [1.82, 2.24) is 9.78 Å². The molecule has 1 N–H and O–H groups in total. The van der Waals surface area contributed by atoms with Crippen LogP contribution in [0.25, 0.3) is 16.9 Å². The molecule has 172 valence electrons. The van der Waals surface area contributed by atoms with Gasteiger partial charge in [-0.05, 0) is 55.0 Å². The molecule has 2 heterocycles. The van der Waals surface area contributed by atoms with Gasteiger partial charge in [-0.3, -0.25) is 9.10 Å². The number of nitrogens with one attached hydrogen (secondary N) is 1. The minimum Gasteiger partial charge on any atom is -0.321 e. The van der Waals surface area contributed by atoms with Gasteiger partial charge in [-0.1, -0.05) is 48.0 Å². The summed E-state index contributed by atoms with van der Waals surface area (Å²) in [4.78, 5) is 13.3. The molecule has 1 saturated heterocycles. The van der Waals surface area contributed by atoms with Crippen LogP contribution in [0.5, 0.6) is 0 Å². The largest absolute Gasteiger partial charge is 0.321 e. The van der Waals surface area contributed by atoms with Gasteiger partial charge in [0.25, 0.3) is 5.91 Å². The molecular formula is C25H21ClN4O3S. The van der Waals surface area contributed by atoms with Crippen LogP contribution in [0.15, 0.2) is 84.9 Å². The fourth-order valence-corrected chi connectivity index (χ4v) is 5.62. The molecule has 0 radical (unpaired) electrons. The highest BCUT2D eigenvalue weighted by molar-refractivity contribution is 7.93. The Kier molecular flexibility index (Phi) is 5.85. The number of carbonyl (C=O) groups excluding carboxylic acids is 1. The first-order valence-corrected chi connectivity index (χ1v) is 12.7. The van der Waals surface area contributed by atoms with Crippen LogP contribution >= 0.6 is 11.6 Å². The summed E-state index contributed by atoms with van der Waals surface area (Å²) in [5.74, 6) is -0.231. The van der Waals surface area contributed by atoms with E-state index in [1.54, 1.807) is 47.1 Å². The van der Waals surface area contributed by atoms with E-state index in [0.717, 1.165) is 11.3 Å². The van der Waals surface area contributed by atoms with Gasteiger partial charge in [0.05, 0.1) is 22.8 Å². The molecule has 0 saturated carbocycles. The number of para-hydroxylation sites is 1. The lowest BCUT2D eigenvalue weighted by molar-refractivity contribution is 0.101. The normalized spacial score (nSPS) is 14.8. The summed E-state index contributed by atoms with van der Waals surface area (Å²) in [7, 11) is -3.31. The summed E-state index contributed by atoms with van der Waals surface area (Å²) in [5, 5.41) is 8.17. The Morgan fingerprint density at radius 2 is 1.65 bits per heavy atom. The molecule has 9 heteroatoms. The van der Waals surface area contributed by atoms with Crippen molar-refractivity contribution >= 4 is 38.9 Å². The van der Waals surface area contributed by atoms with Crippen LogP contribution in [0, 0.1) is 0 Å². The van der Waals surface area contributed by atoms with Crippen molar-refractivity contribution in [1.29, 1.82) is 0 Å². The van der Waals surface area contributed by atoms with E-state index in [1.807, 2.05) is 42.5 Å². The highest BCUT2D eigenvalue weighted by Gasteiger charge is 2.28. The molecule has 5 rings (SSSR count). The van der Waals surface area contributed by atoms with E-state index in [0.29, 0.717) is 40.8 Å². The maximum Gasteiger partial charge on any atom is 0.274 e. The molecule has 0 spiro atoms. The predicted octanol–water partition coefficient (Wildman–Crippen LogP) is 4.98. The van der Waals surface area contributed by atoms with Gasteiger partial charge in [0, 0.05) is 22.8 Å². The SMILES string of the molecule is O=C(Nc1cccc(N2CCCS2(=O)=O)c1)c1cc(-c2ccc(Cl)cc2)nn1-c1ccccc1. The summed E-state index contributed by atoms with van der Waals surface area (Å²) in [6.07, 6.45) is 0.586. The molecule has 34 heavy (non-hydrogen) atoms. The third-order valence-electron chi connectivity index (χ3n) is 5.57. The third-order valence-corrected chi connectivity index (χ3v) is 7.70. The number of nitrogens with zero attached hydrogens (tertiary/aromatic N) is 3. The monoisotopic (exact) mass is 492 g/mol. The smallest absolute Gasteiger partial charge is 0.274 e. The Bertz CT molecular complexity index is 1450. The van der Waals surface area contributed by atoms with Crippen LogP contribution in [0.4, 0.5) is 11.4 Å². The lowest BCUT2D eigenvalue weighted by atomic mass is 10.1. The van der Waals surface area contributed by atoms with Crippen molar-refractivity contribution in [3.63, 3.8) is 0 Å². The van der Waals surface area contributed by atoms with Crippen LogP contribution in [-0.2, 0) is 10.0 Å². The molecule has 0 aliphatic carbocycles. The van der Waals surface area contributed by atoms with Crippen LogP contribution in [-0.4, -0.2) is 36.4 Å². The first kappa shape index (κ1) is 22.2. The third kappa shape index (κ3) is 4.42. The fraction of sp³-hybridized carbons (Fsp3) is 0.120. The van der Waals surface area contributed by atoms with E-state index in [4.69, 9.17) is 11.6 Å². The maximum absolute atomic E-state index is 13.3. The van der Waals surface area contributed by atoms with Crippen molar-refractivity contribution in [2.75, 3.05) is 21.9 Å². The number of anilines is 2. The zero-order chi connectivity index (χ0) is 23.7. The van der Waals surface area contributed by atoms with Gasteiger partial charge in [-0.25, -0.2) is 13.1 Å².